The van der Waals surface area contributed by atoms with Gasteiger partial charge in [0, 0.05) is 12.6 Å². The lowest BCUT2D eigenvalue weighted by Gasteiger charge is -2.24. The Bertz CT molecular complexity index is 1110. The molecule has 9 heteroatoms. The molecular weight excluding hydrogens is 400 g/mol. The van der Waals surface area contributed by atoms with Crippen LogP contribution in [0.15, 0.2) is 36.5 Å². The van der Waals surface area contributed by atoms with Gasteiger partial charge in [-0.15, -0.1) is 10.2 Å². The van der Waals surface area contributed by atoms with Gasteiger partial charge in [-0.3, -0.25) is 4.40 Å². The summed E-state index contributed by atoms with van der Waals surface area (Å²) in [4.78, 5) is 0. The summed E-state index contributed by atoms with van der Waals surface area (Å²) < 4.78 is 61.6. The molecule has 1 aliphatic rings. The molecule has 2 aromatic heterocycles. The molecule has 0 amide bonds. The second-order valence-electron chi connectivity index (χ2n) is 7.75. The number of fused-ring (bicyclic) bond motifs is 1. The molecule has 3 aromatic rings. The summed E-state index contributed by atoms with van der Waals surface area (Å²) in [6.45, 7) is 1.17. The number of ether oxygens (including phenoxy) is 1. The Morgan fingerprint density at radius 3 is 2.47 bits per heavy atom. The fourth-order valence-electron chi connectivity index (χ4n) is 3.31. The van der Waals surface area contributed by atoms with Gasteiger partial charge in [0.2, 0.25) is 0 Å². The number of benzene rings is 1. The number of nitrogens with zero attached hydrogens (tertiary/aromatic N) is 4. The van der Waals surface area contributed by atoms with E-state index in [9.17, 15) is 22.8 Å². The summed E-state index contributed by atoms with van der Waals surface area (Å²) >= 11 is 0. The third-order valence-corrected chi connectivity index (χ3v) is 5.31. The van der Waals surface area contributed by atoms with E-state index in [0.29, 0.717) is 23.7 Å². The lowest BCUT2D eigenvalue weighted by atomic mass is 9.85. The topological polar surface area (TPSA) is 63.2 Å². The van der Waals surface area contributed by atoms with Gasteiger partial charge in [0.1, 0.15) is 35.0 Å². The number of hydrogen-bond donors (Lipinski definition) is 0. The van der Waals surface area contributed by atoms with Gasteiger partial charge in [-0.05, 0) is 49.4 Å². The lowest BCUT2D eigenvalue weighted by Crippen LogP contribution is -2.29. The Morgan fingerprint density at radius 2 is 1.87 bits per heavy atom. The first kappa shape index (κ1) is 20.1. The molecule has 0 N–H and O–H groups in total. The van der Waals surface area contributed by atoms with E-state index in [4.69, 9.17) is 4.74 Å². The Morgan fingerprint density at radius 1 is 1.17 bits per heavy atom. The number of aromatic nitrogens is 3. The first-order chi connectivity index (χ1) is 14.2. The maximum atomic E-state index is 13.9. The maximum absolute atomic E-state index is 13.9. The molecule has 0 radical (unpaired) electrons. The zero-order chi connectivity index (χ0) is 21.5. The molecule has 0 aliphatic heterocycles. The van der Waals surface area contributed by atoms with Crippen molar-refractivity contribution in [1.29, 1.82) is 5.26 Å². The minimum Gasteiger partial charge on any atom is -0.491 e. The number of hydrogen-bond acceptors (Lipinski definition) is 4. The van der Waals surface area contributed by atoms with Gasteiger partial charge in [-0.2, -0.15) is 18.4 Å². The summed E-state index contributed by atoms with van der Waals surface area (Å²) in [6, 6.07) is 8.48. The predicted octanol–water partition coefficient (Wildman–Crippen LogP) is 4.70. The van der Waals surface area contributed by atoms with Crippen molar-refractivity contribution >= 4 is 5.65 Å². The third kappa shape index (κ3) is 3.82. The molecule has 0 spiro atoms. The van der Waals surface area contributed by atoms with Crippen LogP contribution >= 0.6 is 0 Å². The van der Waals surface area contributed by atoms with E-state index in [2.05, 4.69) is 16.3 Å². The number of pyridine rings is 1. The normalized spacial score (nSPS) is 16.3. The molecular formula is C21H18F4N4O. The van der Waals surface area contributed by atoms with Crippen molar-refractivity contribution in [3.63, 3.8) is 0 Å². The van der Waals surface area contributed by atoms with Crippen LogP contribution in [-0.4, -0.2) is 21.2 Å². The van der Waals surface area contributed by atoms with Crippen molar-refractivity contribution in [2.24, 2.45) is 5.92 Å². The third-order valence-electron chi connectivity index (χ3n) is 5.31. The maximum Gasteiger partial charge on any atom is 0.423 e. The second-order valence-corrected chi connectivity index (χ2v) is 7.75. The standard InChI is InChI=1S/C21H18F4N4O/c1-20(11-26,14-4-6-15(22)7-5-14)12-30-16-8-9-29-17(10-13-2-3-13)27-28-19(29)18(16)21(23,24)25/h4-9,13H,2-3,10,12H2,1H3/t20-/m1/s1. The lowest BCUT2D eigenvalue weighted by molar-refractivity contribution is -0.138. The summed E-state index contributed by atoms with van der Waals surface area (Å²) in [6.07, 6.45) is -0.605. The monoisotopic (exact) mass is 418 g/mol. The SMILES string of the molecule is C[C@@](C#N)(COc1ccn2c(CC3CC3)nnc2c1C(F)(F)F)c1ccc(F)cc1. The Balaban J connectivity index is 1.68. The van der Waals surface area contributed by atoms with Crippen LogP contribution in [0.2, 0.25) is 0 Å². The van der Waals surface area contributed by atoms with Crippen molar-refractivity contribution in [2.45, 2.75) is 37.8 Å². The number of nitriles is 1. The molecule has 156 valence electrons. The first-order valence-corrected chi connectivity index (χ1v) is 9.45. The van der Waals surface area contributed by atoms with Crippen LogP contribution in [0.1, 0.15) is 36.7 Å². The minimum atomic E-state index is -4.72. The average molecular weight is 418 g/mol. The second kappa shape index (κ2) is 7.27. The molecule has 0 unspecified atom stereocenters. The van der Waals surface area contributed by atoms with Crippen LogP contribution in [0, 0.1) is 23.1 Å². The Hall–Kier alpha value is -3.15. The highest BCUT2D eigenvalue weighted by molar-refractivity contribution is 5.57. The zero-order valence-electron chi connectivity index (χ0n) is 16.1. The summed E-state index contributed by atoms with van der Waals surface area (Å²) in [5, 5.41) is 17.3. The van der Waals surface area contributed by atoms with Crippen molar-refractivity contribution in [1.82, 2.24) is 14.6 Å². The molecule has 1 atom stereocenters. The van der Waals surface area contributed by atoms with E-state index in [1.165, 1.54) is 47.9 Å². The summed E-state index contributed by atoms with van der Waals surface area (Å²) in [5.74, 6) is 0.0231. The summed E-state index contributed by atoms with van der Waals surface area (Å²) in [7, 11) is 0. The minimum absolute atomic E-state index is 0.323. The Labute approximate surface area is 169 Å². The smallest absolute Gasteiger partial charge is 0.423 e. The van der Waals surface area contributed by atoms with Gasteiger partial charge >= 0.3 is 6.18 Å². The van der Waals surface area contributed by atoms with E-state index in [0.717, 1.165) is 12.8 Å². The number of halogens is 4. The van der Waals surface area contributed by atoms with Gasteiger partial charge < -0.3 is 4.74 Å². The van der Waals surface area contributed by atoms with Crippen LogP contribution in [0.5, 0.6) is 5.75 Å². The molecule has 0 bridgehead atoms. The van der Waals surface area contributed by atoms with E-state index in [-0.39, 0.29) is 12.3 Å². The highest BCUT2D eigenvalue weighted by Gasteiger charge is 2.40. The fourth-order valence-corrected chi connectivity index (χ4v) is 3.31. The van der Waals surface area contributed by atoms with Crippen LogP contribution in [0.4, 0.5) is 17.6 Å². The molecule has 2 heterocycles. The van der Waals surface area contributed by atoms with E-state index in [1.54, 1.807) is 0 Å². The van der Waals surface area contributed by atoms with Gasteiger partial charge in [-0.25, -0.2) is 4.39 Å². The van der Waals surface area contributed by atoms with Crippen molar-refractivity contribution in [2.75, 3.05) is 6.61 Å². The van der Waals surface area contributed by atoms with E-state index < -0.39 is 28.7 Å². The Kier molecular flexibility index (Phi) is 4.88. The summed E-state index contributed by atoms with van der Waals surface area (Å²) in [5.41, 5.74) is -2.18. The van der Waals surface area contributed by atoms with Crippen molar-refractivity contribution in [3.05, 3.63) is 59.3 Å². The quantitative estimate of drug-likeness (QED) is 0.545. The van der Waals surface area contributed by atoms with Crippen LogP contribution in [-0.2, 0) is 18.0 Å². The fraction of sp³-hybridized carbons (Fsp3) is 0.381. The highest BCUT2D eigenvalue weighted by atomic mass is 19.4. The molecule has 1 aromatic carbocycles. The largest absolute Gasteiger partial charge is 0.491 e. The molecule has 1 aliphatic carbocycles. The molecule has 30 heavy (non-hydrogen) atoms. The molecule has 4 rings (SSSR count). The van der Waals surface area contributed by atoms with E-state index >= 15 is 0 Å². The first-order valence-electron chi connectivity index (χ1n) is 9.45. The van der Waals surface area contributed by atoms with Gasteiger partial charge in [0.25, 0.3) is 0 Å². The number of alkyl halides is 3. The van der Waals surface area contributed by atoms with E-state index in [1.807, 2.05) is 0 Å². The predicted molar refractivity (Wildman–Crippen MR) is 99.3 cm³/mol. The highest BCUT2D eigenvalue weighted by Crippen LogP contribution is 2.40. The molecule has 5 nitrogen and oxygen atoms in total. The molecule has 1 saturated carbocycles. The van der Waals surface area contributed by atoms with Crippen LogP contribution in [0.3, 0.4) is 0 Å². The van der Waals surface area contributed by atoms with Crippen LogP contribution in [0.25, 0.3) is 5.65 Å². The molecule has 1 fully saturated rings. The van der Waals surface area contributed by atoms with Crippen molar-refractivity contribution in [3.8, 4) is 11.8 Å². The molecule has 0 saturated heterocycles. The van der Waals surface area contributed by atoms with Crippen LogP contribution < -0.4 is 4.74 Å². The van der Waals surface area contributed by atoms with Crippen molar-refractivity contribution < 1.29 is 22.3 Å². The van der Waals surface area contributed by atoms with Gasteiger partial charge in [0.05, 0.1) is 6.07 Å². The average Bonchev–Trinajstić information content (AvgIpc) is 3.44. The van der Waals surface area contributed by atoms with Gasteiger partial charge in [0.15, 0.2) is 5.65 Å². The van der Waals surface area contributed by atoms with Gasteiger partial charge in [-0.1, -0.05) is 12.1 Å². The zero-order valence-corrected chi connectivity index (χ0v) is 16.1. The number of rotatable bonds is 6.